The van der Waals surface area contributed by atoms with Crippen LogP contribution in [0, 0.1) is 0 Å². The molecule has 1 aromatic heterocycles. The van der Waals surface area contributed by atoms with Gasteiger partial charge in [-0.15, -0.1) is 0 Å². The van der Waals surface area contributed by atoms with Gasteiger partial charge in [-0.3, -0.25) is 0 Å². The van der Waals surface area contributed by atoms with Crippen molar-refractivity contribution in [2.75, 3.05) is 4.90 Å². The molecule has 0 aliphatic heterocycles. The van der Waals surface area contributed by atoms with Crippen molar-refractivity contribution >= 4 is 60.4 Å². The molecule has 328 valence electrons. The van der Waals surface area contributed by atoms with Gasteiger partial charge in [-0.2, -0.15) is 0 Å². The average molecular weight is 891 g/mol. The summed E-state index contributed by atoms with van der Waals surface area (Å²) in [6.07, 6.45) is 0. The second kappa shape index (κ2) is 17.4. The number of hydrogen-bond acceptors (Lipinski definition) is 1. The first kappa shape index (κ1) is 41.0. The molecule has 13 aromatic rings. The lowest BCUT2D eigenvalue weighted by atomic mass is 9.94. The van der Waals surface area contributed by atoms with Crippen molar-refractivity contribution in [3.8, 4) is 61.3 Å². The summed E-state index contributed by atoms with van der Waals surface area (Å²) in [5.74, 6) is 0. The lowest BCUT2D eigenvalue weighted by Gasteiger charge is -2.26. The molecular weight excluding hydrogens is 845 g/mol. The van der Waals surface area contributed by atoms with Gasteiger partial charge in [0.1, 0.15) is 0 Å². The Morgan fingerprint density at radius 1 is 0.243 bits per heavy atom. The molecule has 0 radical (unpaired) electrons. The van der Waals surface area contributed by atoms with Crippen molar-refractivity contribution in [3.05, 3.63) is 279 Å². The van der Waals surface area contributed by atoms with Gasteiger partial charge in [0.25, 0.3) is 0 Å². The average Bonchev–Trinajstić information content (AvgIpc) is 3.79. The summed E-state index contributed by atoms with van der Waals surface area (Å²) in [6, 6.07) is 102. The predicted octanol–water partition coefficient (Wildman–Crippen LogP) is 18.9. The minimum atomic E-state index is 1.08. The Labute approximate surface area is 408 Å². The number of benzene rings is 12. The van der Waals surface area contributed by atoms with E-state index in [1.54, 1.807) is 0 Å². The van der Waals surface area contributed by atoms with Gasteiger partial charge >= 0.3 is 0 Å². The number of hydrogen-bond donors (Lipinski definition) is 0. The van der Waals surface area contributed by atoms with Crippen LogP contribution in [0.5, 0.6) is 0 Å². The minimum Gasteiger partial charge on any atom is -0.310 e. The van der Waals surface area contributed by atoms with E-state index in [9.17, 15) is 0 Å². The maximum Gasteiger partial charge on any atom is 0.0547 e. The molecule has 0 fully saturated rings. The molecule has 70 heavy (non-hydrogen) atoms. The number of nitrogens with zero attached hydrogens (tertiary/aromatic N) is 2. The van der Waals surface area contributed by atoms with Crippen LogP contribution in [0.25, 0.3) is 105 Å². The Morgan fingerprint density at radius 3 is 1.39 bits per heavy atom. The Morgan fingerprint density at radius 2 is 0.700 bits per heavy atom. The zero-order valence-corrected chi connectivity index (χ0v) is 38.5. The third-order valence-electron chi connectivity index (χ3n) is 14.0. The molecular formula is C68H46N2. The Bertz CT molecular complexity index is 4010. The van der Waals surface area contributed by atoms with Gasteiger partial charge in [0.2, 0.25) is 0 Å². The van der Waals surface area contributed by atoms with Crippen molar-refractivity contribution in [2.24, 2.45) is 0 Å². The number of anilines is 3. The topological polar surface area (TPSA) is 8.17 Å². The number of para-hydroxylation sites is 1. The summed E-state index contributed by atoms with van der Waals surface area (Å²) < 4.78 is 2.42. The van der Waals surface area contributed by atoms with Crippen LogP contribution in [0.4, 0.5) is 17.1 Å². The molecule has 0 spiro atoms. The molecule has 0 saturated carbocycles. The van der Waals surface area contributed by atoms with Gasteiger partial charge in [0.05, 0.1) is 11.0 Å². The molecule has 0 amide bonds. The van der Waals surface area contributed by atoms with Crippen molar-refractivity contribution < 1.29 is 0 Å². The second-order valence-corrected chi connectivity index (χ2v) is 18.1. The fourth-order valence-corrected chi connectivity index (χ4v) is 10.6. The van der Waals surface area contributed by atoms with Crippen LogP contribution in [0.2, 0.25) is 0 Å². The molecule has 0 bridgehead atoms. The molecule has 2 heteroatoms. The van der Waals surface area contributed by atoms with Crippen LogP contribution in [0.3, 0.4) is 0 Å². The van der Waals surface area contributed by atoms with Gasteiger partial charge in [-0.1, -0.05) is 212 Å². The minimum absolute atomic E-state index is 1.08. The molecule has 0 unspecified atom stereocenters. The Kier molecular flexibility index (Phi) is 10.2. The van der Waals surface area contributed by atoms with E-state index < -0.39 is 0 Å². The van der Waals surface area contributed by atoms with Crippen molar-refractivity contribution in [1.82, 2.24) is 4.57 Å². The standard InChI is InChI=1S/C68H46N2/c1-3-16-52(17-4-1)63-27-13-29-65-67(63)68-64(28-14-30-66(68)70(65)57-22-5-2-6-23-57)56-21-11-24-60(46-56)69(59-43-39-50(40-44-59)55-36-33-47-15-7-8-19-54(47)45-55)58-41-37-49(38-42-58)48-31-34-53(35-32-48)62-26-12-20-51-18-9-10-25-61(51)62/h1-46H. The molecule has 1 heterocycles. The quantitative estimate of drug-likeness (QED) is 0.140. The van der Waals surface area contributed by atoms with Crippen LogP contribution in [0.1, 0.15) is 0 Å². The number of aromatic nitrogens is 1. The van der Waals surface area contributed by atoms with E-state index in [0.29, 0.717) is 0 Å². The van der Waals surface area contributed by atoms with E-state index in [1.165, 1.54) is 93.4 Å². The molecule has 12 aromatic carbocycles. The van der Waals surface area contributed by atoms with Gasteiger partial charge < -0.3 is 9.47 Å². The van der Waals surface area contributed by atoms with E-state index in [1.807, 2.05) is 0 Å². The van der Waals surface area contributed by atoms with Gasteiger partial charge in [-0.25, -0.2) is 0 Å². The summed E-state index contributed by atoms with van der Waals surface area (Å²) in [6.45, 7) is 0. The molecule has 0 aliphatic carbocycles. The molecule has 2 nitrogen and oxygen atoms in total. The Hall–Kier alpha value is -9.24. The first-order chi connectivity index (χ1) is 34.7. The summed E-state index contributed by atoms with van der Waals surface area (Å²) in [7, 11) is 0. The van der Waals surface area contributed by atoms with Crippen molar-refractivity contribution in [2.45, 2.75) is 0 Å². The first-order valence-electron chi connectivity index (χ1n) is 24.1. The largest absolute Gasteiger partial charge is 0.310 e. The Balaban J connectivity index is 0.934. The highest BCUT2D eigenvalue weighted by Crippen LogP contribution is 2.45. The van der Waals surface area contributed by atoms with Gasteiger partial charge in [-0.05, 0) is 144 Å². The summed E-state index contributed by atoms with van der Waals surface area (Å²) in [5, 5.41) is 7.49. The molecule has 0 aliphatic rings. The van der Waals surface area contributed by atoms with E-state index in [4.69, 9.17) is 0 Å². The van der Waals surface area contributed by atoms with Crippen LogP contribution in [0.15, 0.2) is 279 Å². The van der Waals surface area contributed by atoms with Crippen LogP contribution in [-0.4, -0.2) is 4.57 Å². The monoisotopic (exact) mass is 890 g/mol. The second-order valence-electron chi connectivity index (χ2n) is 18.1. The number of fused-ring (bicyclic) bond motifs is 5. The molecule has 0 N–H and O–H groups in total. The molecule has 13 rings (SSSR count). The van der Waals surface area contributed by atoms with E-state index >= 15 is 0 Å². The van der Waals surface area contributed by atoms with Crippen molar-refractivity contribution in [3.63, 3.8) is 0 Å². The highest BCUT2D eigenvalue weighted by atomic mass is 15.1. The van der Waals surface area contributed by atoms with Crippen LogP contribution < -0.4 is 4.90 Å². The van der Waals surface area contributed by atoms with E-state index in [-0.39, 0.29) is 0 Å². The third kappa shape index (κ3) is 7.31. The smallest absolute Gasteiger partial charge is 0.0547 e. The molecule has 0 saturated heterocycles. The lowest BCUT2D eigenvalue weighted by molar-refractivity contribution is 1.18. The van der Waals surface area contributed by atoms with Crippen LogP contribution in [-0.2, 0) is 0 Å². The fourth-order valence-electron chi connectivity index (χ4n) is 10.6. The van der Waals surface area contributed by atoms with Gasteiger partial charge in [0.15, 0.2) is 0 Å². The fraction of sp³-hybridized carbons (Fsp3) is 0. The van der Waals surface area contributed by atoms with E-state index in [0.717, 1.165) is 28.3 Å². The van der Waals surface area contributed by atoms with Crippen LogP contribution >= 0.6 is 0 Å². The highest BCUT2D eigenvalue weighted by molar-refractivity contribution is 6.21. The summed E-state index contributed by atoms with van der Waals surface area (Å²) >= 11 is 0. The predicted molar refractivity (Wildman–Crippen MR) is 298 cm³/mol. The first-order valence-corrected chi connectivity index (χ1v) is 24.1. The normalized spacial score (nSPS) is 11.4. The zero-order chi connectivity index (χ0) is 46.4. The van der Waals surface area contributed by atoms with Gasteiger partial charge in [0, 0.05) is 33.5 Å². The summed E-state index contributed by atoms with van der Waals surface area (Å²) in [5.41, 5.74) is 18.7. The van der Waals surface area contributed by atoms with E-state index in [2.05, 4.69) is 289 Å². The zero-order valence-electron chi connectivity index (χ0n) is 38.5. The summed E-state index contributed by atoms with van der Waals surface area (Å²) in [4.78, 5) is 2.39. The third-order valence-corrected chi connectivity index (χ3v) is 14.0. The SMILES string of the molecule is c1ccc(-c2cccc3c2c2c(-c4cccc(N(c5ccc(-c6ccc(-c7cccc8ccccc78)cc6)cc5)c5ccc(-c6ccc7ccccc7c6)cc5)c4)cccc2n3-c2ccccc2)cc1. The highest BCUT2D eigenvalue weighted by Gasteiger charge is 2.21. The molecule has 0 atom stereocenters. The number of rotatable bonds is 9. The van der Waals surface area contributed by atoms with Crippen molar-refractivity contribution in [1.29, 1.82) is 0 Å². The lowest BCUT2D eigenvalue weighted by Crippen LogP contribution is -2.10. The maximum absolute atomic E-state index is 2.42. The maximum atomic E-state index is 2.42.